The molecule has 1 saturated heterocycles. The molecular weight excluding hydrogens is 438 g/mol. The van der Waals surface area contributed by atoms with Crippen LogP contribution in [-0.2, 0) is 19.4 Å². The number of hydrogen-bond acceptors (Lipinski definition) is 10. The third kappa shape index (κ3) is 5.17. The Hall–Kier alpha value is -1.92. The minimum atomic E-state index is -3.05. The highest BCUT2D eigenvalue weighted by Crippen LogP contribution is 2.33. The van der Waals surface area contributed by atoms with Crippen molar-refractivity contribution in [2.24, 2.45) is 0 Å². The number of amides is 1. The zero-order chi connectivity index (χ0) is 21.2. The Bertz CT molecular complexity index is 1030. The molecule has 1 amide bonds. The molecule has 1 aliphatic heterocycles. The fraction of sp³-hybridized carbons (Fsp3) is 0.529. The molecule has 1 atom stereocenters. The lowest BCUT2D eigenvalue weighted by Crippen LogP contribution is -2.16. The standard InChI is InChI=1S/C17H21N3O6S3/c1-4-25-16(22)13-9(2)10(3)28-15(13)18-12(21)7-27-17-20-19-14(26-17)11-5-6-29(23,24)8-11/h11H,4-8H2,1-3H3,(H,18,21)/t11-/m1/s1. The molecule has 0 aromatic carbocycles. The molecule has 0 unspecified atom stereocenters. The number of aryl methyl sites for hydroxylation is 1. The number of hydrogen-bond donors (Lipinski definition) is 1. The number of nitrogens with one attached hydrogen (secondary N) is 1. The lowest BCUT2D eigenvalue weighted by molar-refractivity contribution is -0.113. The zero-order valence-corrected chi connectivity index (χ0v) is 18.6. The van der Waals surface area contributed by atoms with Crippen LogP contribution >= 0.6 is 23.1 Å². The van der Waals surface area contributed by atoms with E-state index in [4.69, 9.17) is 9.15 Å². The smallest absolute Gasteiger partial charge is 0.341 e. The van der Waals surface area contributed by atoms with Gasteiger partial charge in [-0.05, 0) is 32.8 Å². The monoisotopic (exact) mass is 459 g/mol. The Balaban J connectivity index is 1.60. The van der Waals surface area contributed by atoms with E-state index in [2.05, 4.69) is 15.5 Å². The summed E-state index contributed by atoms with van der Waals surface area (Å²) in [5.41, 5.74) is 1.15. The Morgan fingerprint density at radius 1 is 1.34 bits per heavy atom. The van der Waals surface area contributed by atoms with Gasteiger partial charge in [0.25, 0.3) is 5.22 Å². The number of aromatic nitrogens is 2. The van der Waals surface area contributed by atoms with E-state index < -0.39 is 15.8 Å². The van der Waals surface area contributed by atoms with Gasteiger partial charge in [-0.25, -0.2) is 13.2 Å². The van der Waals surface area contributed by atoms with Crippen molar-refractivity contribution in [1.82, 2.24) is 10.2 Å². The normalized spacial score (nSPS) is 18.0. The van der Waals surface area contributed by atoms with Crippen LogP contribution in [0.3, 0.4) is 0 Å². The molecule has 158 valence electrons. The molecule has 29 heavy (non-hydrogen) atoms. The second kappa shape index (κ2) is 8.84. The van der Waals surface area contributed by atoms with Crippen molar-refractivity contribution >= 4 is 49.8 Å². The van der Waals surface area contributed by atoms with Gasteiger partial charge in [0, 0.05) is 4.88 Å². The van der Waals surface area contributed by atoms with E-state index in [1.807, 2.05) is 13.8 Å². The molecule has 2 aromatic rings. The molecule has 0 radical (unpaired) electrons. The van der Waals surface area contributed by atoms with Gasteiger partial charge in [0.05, 0.1) is 35.3 Å². The Morgan fingerprint density at radius 2 is 2.10 bits per heavy atom. The number of ether oxygens (including phenoxy) is 1. The molecule has 0 saturated carbocycles. The van der Waals surface area contributed by atoms with E-state index >= 15 is 0 Å². The number of carbonyl (C=O) groups excluding carboxylic acids is 2. The number of thiophene rings is 1. The molecule has 9 nitrogen and oxygen atoms in total. The third-order valence-electron chi connectivity index (χ3n) is 4.45. The number of sulfone groups is 1. The van der Waals surface area contributed by atoms with Gasteiger partial charge in [0.15, 0.2) is 9.84 Å². The molecule has 3 rings (SSSR count). The van der Waals surface area contributed by atoms with Crippen LogP contribution in [-0.4, -0.2) is 54.4 Å². The number of carbonyl (C=O) groups is 2. The second-order valence-electron chi connectivity index (χ2n) is 6.55. The van der Waals surface area contributed by atoms with Crippen molar-refractivity contribution in [3.63, 3.8) is 0 Å². The fourth-order valence-electron chi connectivity index (χ4n) is 2.89. The highest BCUT2D eigenvalue weighted by atomic mass is 32.2. The van der Waals surface area contributed by atoms with Gasteiger partial charge in [-0.15, -0.1) is 21.5 Å². The van der Waals surface area contributed by atoms with Crippen LogP contribution in [0.4, 0.5) is 5.00 Å². The molecular formula is C17H21N3O6S3. The van der Waals surface area contributed by atoms with Gasteiger partial charge in [-0.3, -0.25) is 4.79 Å². The van der Waals surface area contributed by atoms with Gasteiger partial charge in [-0.2, -0.15) is 0 Å². The van der Waals surface area contributed by atoms with Crippen LogP contribution in [0, 0.1) is 13.8 Å². The maximum absolute atomic E-state index is 12.3. The summed E-state index contributed by atoms with van der Waals surface area (Å²) < 4.78 is 33.7. The minimum Gasteiger partial charge on any atom is -0.462 e. The number of anilines is 1. The summed E-state index contributed by atoms with van der Waals surface area (Å²) >= 11 is 2.37. The summed E-state index contributed by atoms with van der Waals surface area (Å²) in [7, 11) is -3.05. The SMILES string of the molecule is CCOC(=O)c1c(NC(=O)CSc2nnc([C@@H]3CCS(=O)(=O)C3)o2)sc(C)c1C. The topological polar surface area (TPSA) is 128 Å². The minimum absolute atomic E-state index is 0.00284. The van der Waals surface area contributed by atoms with Crippen LogP contribution in [0.15, 0.2) is 9.64 Å². The van der Waals surface area contributed by atoms with Crippen LogP contribution in [0.25, 0.3) is 0 Å². The predicted molar refractivity (Wildman–Crippen MR) is 109 cm³/mol. The average molecular weight is 460 g/mol. The van der Waals surface area contributed by atoms with Crippen LogP contribution < -0.4 is 5.32 Å². The molecule has 12 heteroatoms. The van der Waals surface area contributed by atoms with E-state index in [0.717, 1.165) is 22.2 Å². The predicted octanol–water partition coefficient (Wildman–Crippen LogP) is 2.56. The summed E-state index contributed by atoms with van der Waals surface area (Å²) in [6.45, 7) is 5.65. The first-order valence-corrected chi connectivity index (χ1v) is 12.6. The highest BCUT2D eigenvalue weighted by molar-refractivity contribution is 7.99. The van der Waals surface area contributed by atoms with Gasteiger partial charge >= 0.3 is 5.97 Å². The molecule has 1 N–H and O–H groups in total. The second-order valence-corrected chi connectivity index (χ2v) is 10.9. The van der Waals surface area contributed by atoms with E-state index in [0.29, 0.717) is 17.0 Å². The first kappa shape index (κ1) is 21.8. The van der Waals surface area contributed by atoms with Gasteiger partial charge in [-0.1, -0.05) is 11.8 Å². The number of nitrogens with zero attached hydrogens (tertiary/aromatic N) is 2. The van der Waals surface area contributed by atoms with E-state index in [1.54, 1.807) is 6.92 Å². The number of thioether (sulfide) groups is 1. The lowest BCUT2D eigenvalue weighted by atomic mass is 10.1. The van der Waals surface area contributed by atoms with Crippen LogP contribution in [0.2, 0.25) is 0 Å². The Kier molecular flexibility index (Phi) is 6.64. The van der Waals surface area contributed by atoms with Gasteiger partial charge in [0.1, 0.15) is 5.00 Å². The van der Waals surface area contributed by atoms with E-state index in [-0.39, 0.29) is 46.8 Å². The maximum atomic E-state index is 12.3. The summed E-state index contributed by atoms with van der Waals surface area (Å²) in [5, 5.41) is 11.2. The molecule has 1 fully saturated rings. The summed E-state index contributed by atoms with van der Waals surface area (Å²) in [5.74, 6) is -0.678. The Labute approximate surface area is 176 Å². The van der Waals surface area contributed by atoms with Crippen molar-refractivity contribution in [3.05, 3.63) is 21.9 Å². The molecule has 2 aromatic heterocycles. The number of esters is 1. The van der Waals surface area contributed by atoms with E-state index in [9.17, 15) is 18.0 Å². The summed E-state index contributed by atoms with van der Waals surface area (Å²) in [4.78, 5) is 25.4. The Morgan fingerprint density at radius 3 is 2.76 bits per heavy atom. The zero-order valence-electron chi connectivity index (χ0n) is 16.2. The van der Waals surface area contributed by atoms with Gasteiger partial charge in [0.2, 0.25) is 11.8 Å². The lowest BCUT2D eigenvalue weighted by Gasteiger charge is -2.06. The van der Waals surface area contributed by atoms with Crippen LogP contribution in [0.1, 0.15) is 46.0 Å². The first-order chi connectivity index (χ1) is 13.7. The van der Waals surface area contributed by atoms with E-state index in [1.165, 1.54) is 11.3 Å². The molecule has 0 bridgehead atoms. The van der Waals surface area contributed by atoms with Gasteiger partial charge < -0.3 is 14.5 Å². The third-order valence-corrected chi connectivity index (χ3v) is 8.16. The maximum Gasteiger partial charge on any atom is 0.341 e. The molecule has 0 aliphatic carbocycles. The quantitative estimate of drug-likeness (QED) is 0.490. The summed E-state index contributed by atoms with van der Waals surface area (Å²) in [6, 6.07) is 0. The number of rotatable bonds is 7. The molecule has 3 heterocycles. The largest absolute Gasteiger partial charge is 0.462 e. The molecule has 1 aliphatic rings. The average Bonchev–Trinajstić information content (AvgIpc) is 3.32. The fourth-order valence-corrected chi connectivity index (χ4v) is 6.25. The van der Waals surface area contributed by atoms with Crippen molar-refractivity contribution in [1.29, 1.82) is 0 Å². The summed E-state index contributed by atoms with van der Waals surface area (Å²) in [6.07, 6.45) is 0.461. The highest BCUT2D eigenvalue weighted by Gasteiger charge is 2.33. The van der Waals surface area contributed by atoms with Crippen molar-refractivity contribution in [2.75, 3.05) is 29.2 Å². The first-order valence-electron chi connectivity index (χ1n) is 8.93. The van der Waals surface area contributed by atoms with Crippen molar-refractivity contribution < 1.29 is 27.2 Å². The van der Waals surface area contributed by atoms with Crippen molar-refractivity contribution in [3.8, 4) is 0 Å². The molecule has 0 spiro atoms. The van der Waals surface area contributed by atoms with Crippen LogP contribution in [0.5, 0.6) is 0 Å². The van der Waals surface area contributed by atoms with Crippen molar-refractivity contribution in [2.45, 2.75) is 38.3 Å².